The molecule has 0 amide bonds. The van der Waals surface area contributed by atoms with Crippen LogP contribution in [0.2, 0.25) is 0 Å². The number of hydrogen-bond acceptors (Lipinski definition) is 4. The zero-order valence-electron chi connectivity index (χ0n) is 10.2. The number of nitro benzene ring substituents is 1. The first-order valence-electron chi connectivity index (χ1n) is 5.61. The number of hydrogen-bond donors (Lipinski definition) is 1. The zero-order valence-corrected chi connectivity index (χ0v) is 13.3. The van der Waals surface area contributed by atoms with Crippen molar-refractivity contribution in [2.45, 2.75) is 6.54 Å². The van der Waals surface area contributed by atoms with E-state index in [0.29, 0.717) is 16.8 Å². The summed E-state index contributed by atoms with van der Waals surface area (Å²) in [5.41, 5.74) is 6.40. The summed E-state index contributed by atoms with van der Waals surface area (Å²) >= 11 is 6.58. The maximum atomic E-state index is 11.0. The highest BCUT2D eigenvalue weighted by molar-refractivity contribution is 9.10. The van der Waals surface area contributed by atoms with Crippen LogP contribution in [-0.2, 0) is 6.54 Å². The number of ether oxygens (including phenoxy) is 1. The van der Waals surface area contributed by atoms with Crippen molar-refractivity contribution in [2.24, 2.45) is 5.73 Å². The van der Waals surface area contributed by atoms with Crippen LogP contribution in [0.25, 0.3) is 0 Å². The van der Waals surface area contributed by atoms with Crippen molar-refractivity contribution in [1.82, 2.24) is 0 Å². The lowest BCUT2D eigenvalue weighted by atomic mass is 10.2. The van der Waals surface area contributed by atoms with Crippen LogP contribution in [0.3, 0.4) is 0 Å². The van der Waals surface area contributed by atoms with Crippen molar-refractivity contribution in [3.05, 3.63) is 61.0 Å². The SMILES string of the molecule is NCc1ccc(Oc2ccc(Br)cc2[N+](=O)[O-])cc1Br. The molecule has 0 fully saturated rings. The van der Waals surface area contributed by atoms with Crippen molar-refractivity contribution < 1.29 is 9.66 Å². The Morgan fingerprint density at radius 1 is 1.20 bits per heavy atom. The zero-order chi connectivity index (χ0) is 14.7. The standard InChI is InChI=1S/C13H10Br2N2O3/c14-9-2-4-13(12(5-9)17(18)19)20-10-3-1-8(7-16)11(15)6-10/h1-6H,7,16H2. The van der Waals surface area contributed by atoms with E-state index in [4.69, 9.17) is 10.5 Å². The molecule has 0 saturated carbocycles. The average molecular weight is 402 g/mol. The second kappa shape index (κ2) is 6.34. The van der Waals surface area contributed by atoms with Gasteiger partial charge in [0.1, 0.15) is 5.75 Å². The molecule has 0 heterocycles. The molecular formula is C13H10Br2N2O3. The van der Waals surface area contributed by atoms with E-state index in [9.17, 15) is 10.1 Å². The second-order valence-electron chi connectivity index (χ2n) is 3.93. The Kier molecular flexibility index (Phi) is 4.74. The Morgan fingerprint density at radius 3 is 2.55 bits per heavy atom. The molecule has 2 aromatic carbocycles. The molecule has 2 aromatic rings. The minimum Gasteiger partial charge on any atom is -0.450 e. The molecule has 2 N–H and O–H groups in total. The van der Waals surface area contributed by atoms with Crippen LogP contribution < -0.4 is 10.5 Å². The summed E-state index contributed by atoms with van der Waals surface area (Å²) in [6.45, 7) is 0.402. The first-order chi connectivity index (χ1) is 9.51. The smallest absolute Gasteiger partial charge is 0.312 e. The number of nitro groups is 1. The van der Waals surface area contributed by atoms with Gasteiger partial charge in [0.25, 0.3) is 0 Å². The summed E-state index contributed by atoms with van der Waals surface area (Å²) in [6, 6.07) is 9.90. The van der Waals surface area contributed by atoms with Crippen molar-refractivity contribution in [2.75, 3.05) is 0 Å². The van der Waals surface area contributed by atoms with Gasteiger partial charge in [-0.25, -0.2) is 0 Å². The summed E-state index contributed by atoms with van der Waals surface area (Å²) in [7, 11) is 0. The lowest BCUT2D eigenvalue weighted by molar-refractivity contribution is -0.385. The van der Waals surface area contributed by atoms with Gasteiger partial charge in [0.05, 0.1) is 4.92 Å². The van der Waals surface area contributed by atoms with Crippen molar-refractivity contribution in [1.29, 1.82) is 0 Å². The number of benzene rings is 2. The molecule has 0 bridgehead atoms. The monoisotopic (exact) mass is 400 g/mol. The molecule has 5 nitrogen and oxygen atoms in total. The minimum absolute atomic E-state index is 0.0987. The lowest BCUT2D eigenvalue weighted by Crippen LogP contribution is -1.98. The average Bonchev–Trinajstić information content (AvgIpc) is 2.41. The van der Waals surface area contributed by atoms with E-state index in [1.807, 2.05) is 6.07 Å². The third-order valence-corrected chi connectivity index (χ3v) is 3.82. The fraction of sp³-hybridized carbons (Fsp3) is 0.0769. The largest absolute Gasteiger partial charge is 0.450 e. The van der Waals surface area contributed by atoms with Crippen LogP contribution in [0.4, 0.5) is 5.69 Å². The molecule has 0 spiro atoms. The van der Waals surface area contributed by atoms with Gasteiger partial charge in [-0.3, -0.25) is 10.1 Å². The van der Waals surface area contributed by atoms with Crippen LogP contribution in [0.15, 0.2) is 45.3 Å². The maximum absolute atomic E-state index is 11.0. The fourth-order valence-electron chi connectivity index (χ4n) is 1.60. The summed E-state index contributed by atoms with van der Waals surface area (Å²) in [5, 5.41) is 11.0. The van der Waals surface area contributed by atoms with Gasteiger partial charge in [-0.05, 0) is 29.8 Å². The molecule has 0 aromatic heterocycles. The summed E-state index contributed by atoms with van der Waals surface area (Å²) < 4.78 is 7.00. The maximum Gasteiger partial charge on any atom is 0.312 e. The predicted molar refractivity (Wildman–Crippen MR) is 82.9 cm³/mol. The van der Waals surface area contributed by atoms with E-state index in [1.165, 1.54) is 6.07 Å². The summed E-state index contributed by atoms with van der Waals surface area (Å²) in [5.74, 6) is 0.685. The van der Waals surface area contributed by atoms with E-state index >= 15 is 0 Å². The van der Waals surface area contributed by atoms with Crippen molar-refractivity contribution in [3.63, 3.8) is 0 Å². The van der Waals surface area contributed by atoms with Crippen LogP contribution in [-0.4, -0.2) is 4.92 Å². The fourth-order valence-corrected chi connectivity index (χ4v) is 2.47. The van der Waals surface area contributed by atoms with Gasteiger partial charge in [0, 0.05) is 21.6 Å². The predicted octanol–water partition coefficient (Wildman–Crippen LogP) is 4.37. The van der Waals surface area contributed by atoms with Gasteiger partial charge in [-0.15, -0.1) is 0 Å². The van der Waals surface area contributed by atoms with Gasteiger partial charge in [-0.2, -0.15) is 0 Å². The Labute approximate surface area is 132 Å². The third-order valence-electron chi connectivity index (χ3n) is 2.59. The van der Waals surface area contributed by atoms with Gasteiger partial charge in [0.2, 0.25) is 5.75 Å². The lowest BCUT2D eigenvalue weighted by Gasteiger charge is -2.08. The highest BCUT2D eigenvalue weighted by atomic mass is 79.9. The van der Waals surface area contributed by atoms with Crippen molar-refractivity contribution >= 4 is 37.5 Å². The van der Waals surface area contributed by atoms with Crippen LogP contribution >= 0.6 is 31.9 Å². The molecule has 0 aliphatic rings. The van der Waals surface area contributed by atoms with Crippen LogP contribution in [0.1, 0.15) is 5.56 Å². The molecular weight excluding hydrogens is 392 g/mol. The van der Waals surface area contributed by atoms with Crippen LogP contribution in [0.5, 0.6) is 11.5 Å². The highest BCUT2D eigenvalue weighted by Crippen LogP contribution is 2.34. The van der Waals surface area contributed by atoms with Gasteiger partial charge in [0.15, 0.2) is 0 Å². The van der Waals surface area contributed by atoms with E-state index in [2.05, 4.69) is 31.9 Å². The molecule has 7 heteroatoms. The third kappa shape index (κ3) is 3.36. The second-order valence-corrected chi connectivity index (χ2v) is 5.70. The van der Waals surface area contributed by atoms with Gasteiger partial charge in [-0.1, -0.05) is 37.9 Å². The summed E-state index contributed by atoms with van der Waals surface area (Å²) in [4.78, 5) is 10.5. The van der Waals surface area contributed by atoms with Crippen LogP contribution in [0, 0.1) is 10.1 Å². The minimum atomic E-state index is -0.483. The molecule has 20 heavy (non-hydrogen) atoms. The molecule has 0 aliphatic heterocycles. The molecule has 104 valence electrons. The number of halogens is 2. The Hall–Kier alpha value is -1.44. The quantitative estimate of drug-likeness (QED) is 0.609. The topological polar surface area (TPSA) is 78.4 Å². The first-order valence-corrected chi connectivity index (χ1v) is 7.20. The van der Waals surface area contributed by atoms with E-state index in [-0.39, 0.29) is 11.4 Å². The number of rotatable bonds is 4. The van der Waals surface area contributed by atoms with E-state index in [0.717, 1.165) is 10.0 Å². The number of nitrogens with zero attached hydrogens (tertiary/aromatic N) is 1. The van der Waals surface area contributed by atoms with Gasteiger partial charge >= 0.3 is 5.69 Å². The Balaban J connectivity index is 2.35. The molecule has 2 rings (SSSR count). The normalized spacial score (nSPS) is 10.3. The molecule has 0 radical (unpaired) electrons. The molecule has 0 aliphatic carbocycles. The Morgan fingerprint density at radius 2 is 1.95 bits per heavy atom. The molecule has 0 atom stereocenters. The van der Waals surface area contributed by atoms with Gasteiger partial charge < -0.3 is 10.5 Å². The van der Waals surface area contributed by atoms with E-state index in [1.54, 1.807) is 24.3 Å². The van der Waals surface area contributed by atoms with E-state index < -0.39 is 4.92 Å². The molecule has 0 unspecified atom stereocenters. The highest BCUT2D eigenvalue weighted by Gasteiger charge is 2.16. The Bertz CT molecular complexity index is 662. The summed E-state index contributed by atoms with van der Waals surface area (Å²) in [6.07, 6.45) is 0. The van der Waals surface area contributed by atoms with Crippen molar-refractivity contribution in [3.8, 4) is 11.5 Å². The molecule has 0 saturated heterocycles. The first kappa shape index (κ1) is 15.0. The number of nitrogens with two attached hydrogens (primary N) is 1.